The van der Waals surface area contributed by atoms with Crippen molar-refractivity contribution < 1.29 is 9.66 Å². The highest BCUT2D eigenvalue weighted by molar-refractivity contribution is 5.75. The van der Waals surface area contributed by atoms with Crippen LogP contribution in [0.25, 0.3) is 11.0 Å². The molecule has 0 bridgehead atoms. The minimum Gasteiger partial charge on any atom is -0.380 e. The molecule has 0 aliphatic carbocycles. The summed E-state index contributed by atoms with van der Waals surface area (Å²) in [7, 11) is 1.70. The van der Waals surface area contributed by atoms with Gasteiger partial charge in [0.1, 0.15) is 5.52 Å². The van der Waals surface area contributed by atoms with Crippen molar-refractivity contribution in [1.82, 2.24) is 9.97 Å². The molecule has 25 heavy (non-hydrogen) atoms. The number of rotatable bonds is 3. The Balaban J connectivity index is 0.000000246. The van der Waals surface area contributed by atoms with Crippen molar-refractivity contribution >= 4 is 16.7 Å². The van der Waals surface area contributed by atoms with Gasteiger partial charge < -0.3 is 9.72 Å². The smallest absolute Gasteiger partial charge is 0.334 e. The van der Waals surface area contributed by atoms with E-state index in [1.807, 2.05) is 44.2 Å². The average Bonchev–Trinajstić information content (AvgIpc) is 2.65. The fourth-order valence-electron chi connectivity index (χ4n) is 1.91. The van der Waals surface area contributed by atoms with Gasteiger partial charge in [-0.15, -0.1) is 0 Å². The maximum absolute atomic E-state index is 11.4. The molecule has 7 heteroatoms. The van der Waals surface area contributed by atoms with E-state index in [4.69, 9.17) is 4.74 Å². The van der Waals surface area contributed by atoms with E-state index in [1.54, 1.807) is 19.2 Å². The fraction of sp³-hybridized carbons (Fsp3) is 0.222. The number of benzene rings is 1. The summed E-state index contributed by atoms with van der Waals surface area (Å²) in [6, 6.07) is 13.4. The highest BCUT2D eigenvalue weighted by atomic mass is 16.6. The fourth-order valence-corrected chi connectivity index (χ4v) is 1.91. The second-order valence-corrected chi connectivity index (χ2v) is 4.58. The predicted molar refractivity (Wildman–Crippen MR) is 97.5 cm³/mol. The van der Waals surface area contributed by atoms with Gasteiger partial charge in [0.2, 0.25) is 0 Å². The van der Waals surface area contributed by atoms with Gasteiger partial charge in [-0.3, -0.25) is 19.9 Å². The zero-order valence-corrected chi connectivity index (χ0v) is 14.4. The van der Waals surface area contributed by atoms with Crippen LogP contribution in [0.2, 0.25) is 0 Å². The Morgan fingerprint density at radius 2 is 1.84 bits per heavy atom. The summed E-state index contributed by atoms with van der Waals surface area (Å²) in [6.07, 6.45) is 2.49. The van der Waals surface area contributed by atoms with Crippen molar-refractivity contribution in [3.8, 4) is 0 Å². The Hall–Kier alpha value is -3.06. The normalized spacial score (nSPS) is 9.40. The zero-order chi connectivity index (χ0) is 18.7. The molecule has 0 unspecified atom stereocenters. The van der Waals surface area contributed by atoms with Crippen LogP contribution in [-0.2, 0) is 11.3 Å². The Morgan fingerprint density at radius 1 is 1.16 bits per heavy atom. The molecule has 0 saturated heterocycles. The largest absolute Gasteiger partial charge is 0.380 e. The standard InChI is InChI=1S/C8H5N3O3.C8H10O.C2H6/c12-8-6(11(13)14)4-10-5-2-1-3-9-7(5)8;1-9-7-8-5-3-2-4-6-8;1-2/h1-4H,(H,10,12);2-6H,7H2,1H3;1-2H3. The number of H-pyrrole nitrogens is 1. The first-order valence-corrected chi connectivity index (χ1v) is 7.77. The van der Waals surface area contributed by atoms with Gasteiger partial charge in [-0.2, -0.15) is 0 Å². The lowest BCUT2D eigenvalue weighted by Gasteiger charge is -1.95. The maximum atomic E-state index is 11.4. The molecule has 1 aromatic carbocycles. The lowest BCUT2D eigenvalue weighted by molar-refractivity contribution is -0.386. The van der Waals surface area contributed by atoms with Crippen LogP contribution in [0.1, 0.15) is 19.4 Å². The first-order valence-electron chi connectivity index (χ1n) is 7.77. The van der Waals surface area contributed by atoms with Crippen LogP contribution in [0.5, 0.6) is 0 Å². The molecule has 0 aliphatic rings. The Labute approximate surface area is 145 Å². The van der Waals surface area contributed by atoms with Gasteiger partial charge in [0.15, 0.2) is 0 Å². The maximum Gasteiger partial charge on any atom is 0.334 e. The summed E-state index contributed by atoms with van der Waals surface area (Å²) in [6.45, 7) is 4.71. The third kappa shape index (κ3) is 5.82. The number of nitrogens with one attached hydrogen (secondary N) is 1. The Kier molecular flexibility index (Phi) is 8.53. The van der Waals surface area contributed by atoms with E-state index in [2.05, 4.69) is 9.97 Å². The molecule has 0 fully saturated rings. The summed E-state index contributed by atoms with van der Waals surface area (Å²) in [4.78, 5) is 27.6. The molecule has 3 rings (SSSR count). The molecular weight excluding hydrogens is 322 g/mol. The van der Waals surface area contributed by atoms with Gasteiger partial charge in [-0.1, -0.05) is 44.2 Å². The van der Waals surface area contributed by atoms with Gasteiger partial charge in [0.25, 0.3) is 5.43 Å². The van der Waals surface area contributed by atoms with E-state index in [9.17, 15) is 14.9 Å². The van der Waals surface area contributed by atoms with Crippen LogP contribution < -0.4 is 5.43 Å². The highest BCUT2D eigenvalue weighted by Crippen LogP contribution is 2.08. The summed E-state index contributed by atoms with van der Waals surface area (Å²) in [5.74, 6) is 0. The SMILES string of the molecule is CC.COCc1ccccc1.O=c1c([N+](=O)[O-])c[nH]c2cccnc12. The van der Waals surface area contributed by atoms with Crippen LogP contribution in [0.3, 0.4) is 0 Å². The second-order valence-electron chi connectivity index (χ2n) is 4.58. The summed E-state index contributed by atoms with van der Waals surface area (Å²) < 4.78 is 4.93. The molecule has 0 spiro atoms. The molecule has 3 aromatic rings. The molecule has 0 atom stereocenters. The Bertz CT molecular complexity index is 848. The van der Waals surface area contributed by atoms with E-state index in [-0.39, 0.29) is 5.52 Å². The number of fused-ring (bicyclic) bond motifs is 1. The number of hydrogen-bond acceptors (Lipinski definition) is 5. The highest BCUT2D eigenvalue weighted by Gasteiger charge is 2.14. The molecular formula is C18H21N3O4. The second kappa shape index (κ2) is 10.7. The molecule has 7 nitrogen and oxygen atoms in total. The van der Waals surface area contributed by atoms with Crippen LogP contribution in [0.15, 0.2) is 59.7 Å². The van der Waals surface area contributed by atoms with Gasteiger partial charge in [0, 0.05) is 13.3 Å². The molecule has 0 aliphatic heterocycles. The average molecular weight is 343 g/mol. The van der Waals surface area contributed by atoms with E-state index >= 15 is 0 Å². The first-order chi connectivity index (χ1) is 12.1. The Morgan fingerprint density at radius 3 is 2.44 bits per heavy atom. The number of aromatic amines is 1. The van der Waals surface area contributed by atoms with Crippen molar-refractivity contribution in [2.24, 2.45) is 0 Å². The molecule has 132 valence electrons. The molecule has 2 heterocycles. The van der Waals surface area contributed by atoms with Crippen molar-refractivity contribution in [2.45, 2.75) is 20.5 Å². The third-order valence-electron chi connectivity index (χ3n) is 2.97. The van der Waals surface area contributed by atoms with Crippen molar-refractivity contribution in [2.75, 3.05) is 7.11 Å². The number of ether oxygens (including phenoxy) is 1. The lowest BCUT2D eigenvalue weighted by atomic mass is 10.2. The van der Waals surface area contributed by atoms with Crippen molar-refractivity contribution in [3.63, 3.8) is 0 Å². The van der Waals surface area contributed by atoms with Crippen LogP contribution >= 0.6 is 0 Å². The number of nitrogens with zero attached hydrogens (tertiary/aromatic N) is 2. The van der Waals surface area contributed by atoms with Gasteiger partial charge in [-0.25, -0.2) is 0 Å². The van der Waals surface area contributed by atoms with Gasteiger partial charge in [0.05, 0.1) is 23.2 Å². The number of nitro groups is 1. The first kappa shape index (κ1) is 20.0. The molecule has 0 radical (unpaired) electrons. The van der Waals surface area contributed by atoms with E-state index in [1.165, 1.54) is 11.8 Å². The lowest BCUT2D eigenvalue weighted by Crippen LogP contribution is -2.10. The molecule has 1 N–H and O–H groups in total. The summed E-state index contributed by atoms with van der Waals surface area (Å²) >= 11 is 0. The molecule has 0 saturated carbocycles. The van der Waals surface area contributed by atoms with E-state index in [0.717, 1.165) is 6.20 Å². The summed E-state index contributed by atoms with van der Waals surface area (Å²) in [5, 5.41) is 10.4. The monoisotopic (exact) mass is 343 g/mol. The van der Waals surface area contributed by atoms with Gasteiger partial charge in [-0.05, 0) is 17.7 Å². The predicted octanol–water partition coefficient (Wildman–Crippen LogP) is 3.69. The van der Waals surface area contributed by atoms with Crippen molar-refractivity contribution in [1.29, 1.82) is 0 Å². The third-order valence-corrected chi connectivity index (χ3v) is 2.97. The van der Waals surface area contributed by atoms with Crippen LogP contribution in [0, 0.1) is 10.1 Å². The topological polar surface area (TPSA) is 98.1 Å². The van der Waals surface area contributed by atoms with Gasteiger partial charge >= 0.3 is 5.69 Å². The summed E-state index contributed by atoms with van der Waals surface area (Å²) in [5.41, 5.74) is 0.644. The van der Waals surface area contributed by atoms with Crippen molar-refractivity contribution in [3.05, 3.63) is 80.8 Å². The minimum atomic E-state index is -0.729. The zero-order valence-electron chi connectivity index (χ0n) is 14.4. The molecule has 2 aromatic heterocycles. The van der Waals surface area contributed by atoms with Crippen LogP contribution in [-0.4, -0.2) is 22.0 Å². The molecule has 0 amide bonds. The number of pyridine rings is 2. The van der Waals surface area contributed by atoms with E-state index in [0.29, 0.717) is 12.1 Å². The minimum absolute atomic E-state index is 0.0849. The number of methoxy groups -OCH3 is 1. The van der Waals surface area contributed by atoms with E-state index < -0.39 is 16.0 Å². The quantitative estimate of drug-likeness (QED) is 0.577. The van der Waals surface area contributed by atoms with Crippen LogP contribution in [0.4, 0.5) is 5.69 Å². The number of hydrogen-bond donors (Lipinski definition) is 1. The number of aromatic nitrogens is 2.